The van der Waals surface area contributed by atoms with Crippen molar-refractivity contribution in [3.05, 3.63) is 30.0 Å². The average molecular weight is 305 g/mol. The number of hydrogen-bond acceptors (Lipinski definition) is 5. The van der Waals surface area contributed by atoms with E-state index in [1.165, 1.54) is 11.8 Å². The number of benzene rings is 1. The molecule has 1 aromatic heterocycles. The third-order valence-electron chi connectivity index (χ3n) is 2.88. The van der Waals surface area contributed by atoms with Crippen molar-refractivity contribution in [3.8, 4) is 0 Å². The van der Waals surface area contributed by atoms with E-state index in [0.29, 0.717) is 5.03 Å². The maximum absolute atomic E-state index is 11.8. The van der Waals surface area contributed by atoms with Crippen LogP contribution in [0.2, 0.25) is 0 Å². The Morgan fingerprint density at radius 3 is 2.43 bits per heavy atom. The molecule has 0 fully saturated rings. The summed E-state index contributed by atoms with van der Waals surface area (Å²) in [5, 5.41) is 9.55. The fourth-order valence-corrected chi connectivity index (χ4v) is 2.67. The maximum atomic E-state index is 11.8. The number of thioether (sulfide) groups is 1. The molecule has 2 rings (SSSR count). The molecule has 6 nitrogen and oxygen atoms in total. The van der Waals surface area contributed by atoms with Gasteiger partial charge in [-0.2, -0.15) is 0 Å². The molecule has 0 spiro atoms. The van der Waals surface area contributed by atoms with Gasteiger partial charge in [-0.05, 0) is 26.0 Å². The molecular weight excluding hydrogens is 290 g/mol. The van der Waals surface area contributed by atoms with Gasteiger partial charge >= 0.3 is 6.09 Å². The summed E-state index contributed by atoms with van der Waals surface area (Å²) >= 11 is 1.20. The first-order valence-electron chi connectivity index (χ1n) is 6.42. The van der Waals surface area contributed by atoms with Crippen LogP contribution in [0.25, 0.3) is 11.0 Å². The summed E-state index contributed by atoms with van der Waals surface area (Å²) in [5.41, 5.74) is 2.28. The molecule has 0 bridgehead atoms. The summed E-state index contributed by atoms with van der Waals surface area (Å²) in [7, 11) is 0. The van der Waals surface area contributed by atoms with Crippen LogP contribution >= 0.6 is 11.8 Å². The zero-order valence-electron chi connectivity index (χ0n) is 11.7. The van der Waals surface area contributed by atoms with Gasteiger partial charge in [0.1, 0.15) is 5.03 Å². The summed E-state index contributed by atoms with van der Waals surface area (Å²) in [6.45, 7) is 3.58. The molecule has 0 aliphatic carbocycles. The lowest BCUT2D eigenvalue weighted by Crippen LogP contribution is -2.36. The standard InChI is InChI=1S/C14H15N3O3S/c1-3-17(14(19)20)12(18)8-21-13-9(2)15-10-6-4-5-7-11(10)16-13/h4-7H,3,8H2,1-2H3,(H,19,20). The van der Waals surface area contributed by atoms with Gasteiger partial charge in [0.2, 0.25) is 5.91 Å². The number of para-hydroxylation sites is 2. The molecule has 0 saturated heterocycles. The van der Waals surface area contributed by atoms with Crippen LogP contribution in [0.4, 0.5) is 4.79 Å². The molecule has 7 heteroatoms. The highest BCUT2D eigenvalue weighted by Crippen LogP contribution is 2.22. The van der Waals surface area contributed by atoms with Crippen LogP contribution < -0.4 is 0 Å². The molecule has 21 heavy (non-hydrogen) atoms. The van der Waals surface area contributed by atoms with Crippen molar-refractivity contribution in [2.24, 2.45) is 0 Å². The molecule has 0 aliphatic rings. The Kier molecular flexibility index (Phi) is 4.74. The lowest BCUT2D eigenvalue weighted by Gasteiger charge is -2.14. The van der Waals surface area contributed by atoms with Gasteiger partial charge in [0, 0.05) is 6.54 Å². The van der Waals surface area contributed by atoms with Crippen LogP contribution in [0.3, 0.4) is 0 Å². The zero-order valence-corrected chi connectivity index (χ0v) is 12.6. The first-order valence-corrected chi connectivity index (χ1v) is 7.41. The summed E-state index contributed by atoms with van der Waals surface area (Å²) in [6, 6.07) is 7.48. The third-order valence-corrected chi connectivity index (χ3v) is 3.93. The van der Waals surface area contributed by atoms with Crippen molar-refractivity contribution < 1.29 is 14.7 Å². The predicted octanol–water partition coefficient (Wildman–Crippen LogP) is 2.56. The third kappa shape index (κ3) is 3.49. The summed E-state index contributed by atoms with van der Waals surface area (Å²) in [4.78, 5) is 32.4. The van der Waals surface area contributed by atoms with Gasteiger partial charge in [0.05, 0.1) is 22.5 Å². The highest BCUT2D eigenvalue weighted by Gasteiger charge is 2.19. The largest absolute Gasteiger partial charge is 0.465 e. The molecular formula is C14H15N3O3S. The number of fused-ring (bicyclic) bond motifs is 1. The number of aromatic nitrogens is 2. The van der Waals surface area contributed by atoms with Gasteiger partial charge in [-0.3, -0.25) is 4.79 Å². The van der Waals surface area contributed by atoms with Crippen molar-refractivity contribution >= 4 is 34.8 Å². The minimum atomic E-state index is -1.23. The van der Waals surface area contributed by atoms with E-state index in [4.69, 9.17) is 5.11 Å². The molecule has 2 aromatic rings. The number of imide groups is 1. The number of amides is 2. The second-order valence-electron chi connectivity index (χ2n) is 4.31. The minimum absolute atomic E-state index is 0.0218. The Balaban J connectivity index is 2.15. The van der Waals surface area contributed by atoms with Crippen LogP contribution in [-0.2, 0) is 4.79 Å². The summed E-state index contributed by atoms with van der Waals surface area (Å²) in [5.74, 6) is -0.432. The summed E-state index contributed by atoms with van der Waals surface area (Å²) in [6.07, 6.45) is -1.23. The maximum Gasteiger partial charge on any atom is 0.414 e. The van der Waals surface area contributed by atoms with E-state index in [2.05, 4.69) is 9.97 Å². The van der Waals surface area contributed by atoms with Crippen LogP contribution in [0.15, 0.2) is 29.3 Å². The lowest BCUT2D eigenvalue weighted by atomic mass is 10.3. The summed E-state index contributed by atoms with van der Waals surface area (Å²) < 4.78 is 0. The smallest absolute Gasteiger partial charge is 0.414 e. The molecule has 0 unspecified atom stereocenters. The second kappa shape index (κ2) is 6.53. The van der Waals surface area contributed by atoms with Crippen molar-refractivity contribution in [1.82, 2.24) is 14.9 Å². The fraction of sp³-hybridized carbons (Fsp3) is 0.286. The zero-order chi connectivity index (χ0) is 15.4. The number of hydrogen-bond donors (Lipinski definition) is 1. The Bertz CT molecular complexity index is 690. The van der Waals surface area contributed by atoms with Crippen LogP contribution in [-0.4, -0.2) is 44.3 Å². The lowest BCUT2D eigenvalue weighted by molar-refractivity contribution is -0.126. The predicted molar refractivity (Wildman–Crippen MR) is 80.4 cm³/mol. The number of carbonyl (C=O) groups is 2. The van der Waals surface area contributed by atoms with Crippen LogP contribution in [0.1, 0.15) is 12.6 Å². The molecule has 0 saturated carbocycles. The van der Waals surface area contributed by atoms with E-state index >= 15 is 0 Å². The van der Waals surface area contributed by atoms with Gasteiger partial charge in [0.25, 0.3) is 0 Å². The van der Waals surface area contributed by atoms with E-state index in [9.17, 15) is 9.59 Å². The highest BCUT2D eigenvalue weighted by molar-refractivity contribution is 7.99. The minimum Gasteiger partial charge on any atom is -0.465 e. The molecule has 0 aliphatic heterocycles. The van der Waals surface area contributed by atoms with Crippen molar-refractivity contribution in [3.63, 3.8) is 0 Å². The van der Waals surface area contributed by atoms with E-state index < -0.39 is 12.0 Å². The second-order valence-corrected chi connectivity index (χ2v) is 5.28. The number of aryl methyl sites for hydroxylation is 1. The molecule has 1 heterocycles. The normalized spacial score (nSPS) is 10.6. The Morgan fingerprint density at radius 2 is 1.86 bits per heavy atom. The Morgan fingerprint density at radius 1 is 1.24 bits per heavy atom. The molecule has 0 atom stereocenters. The van der Waals surface area contributed by atoms with Gasteiger partial charge in [-0.15, -0.1) is 0 Å². The van der Waals surface area contributed by atoms with Gasteiger partial charge in [-0.1, -0.05) is 23.9 Å². The highest BCUT2D eigenvalue weighted by atomic mass is 32.2. The molecule has 1 N–H and O–H groups in total. The molecule has 1 aromatic carbocycles. The molecule has 110 valence electrons. The quantitative estimate of drug-likeness (QED) is 0.874. The van der Waals surface area contributed by atoms with Gasteiger partial charge in [-0.25, -0.2) is 19.7 Å². The first kappa shape index (κ1) is 15.2. The average Bonchev–Trinajstić information content (AvgIpc) is 2.45. The topological polar surface area (TPSA) is 83.4 Å². The SMILES string of the molecule is CCN(C(=O)O)C(=O)CSc1nc2ccccc2nc1C. The van der Waals surface area contributed by atoms with Crippen LogP contribution in [0.5, 0.6) is 0 Å². The fourth-order valence-electron chi connectivity index (χ4n) is 1.84. The van der Waals surface area contributed by atoms with Crippen LogP contribution in [0, 0.1) is 6.92 Å². The van der Waals surface area contributed by atoms with Gasteiger partial charge in [0.15, 0.2) is 0 Å². The number of nitrogens with zero attached hydrogens (tertiary/aromatic N) is 3. The van der Waals surface area contributed by atoms with E-state index in [1.807, 2.05) is 31.2 Å². The molecule has 2 amide bonds. The Hall–Kier alpha value is -2.15. The van der Waals surface area contributed by atoms with E-state index in [0.717, 1.165) is 21.6 Å². The van der Waals surface area contributed by atoms with Gasteiger partial charge < -0.3 is 5.11 Å². The first-order chi connectivity index (χ1) is 10.0. The monoisotopic (exact) mass is 305 g/mol. The number of rotatable bonds is 4. The van der Waals surface area contributed by atoms with Crippen molar-refractivity contribution in [2.75, 3.05) is 12.3 Å². The number of carbonyl (C=O) groups excluding carboxylic acids is 1. The van der Waals surface area contributed by atoms with E-state index in [1.54, 1.807) is 6.92 Å². The Labute approximate surface area is 126 Å². The molecule has 0 radical (unpaired) electrons. The number of carboxylic acid groups (broad SMARTS) is 1. The van der Waals surface area contributed by atoms with Crippen molar-refractivity contribution in [1.29, 1.82) is 0 Å². The van der Waals surface area contributed by atoms with Crippen molar-refractivity contribution in [2.45, 2.75) is 18.9 Å². The van der Waals surface area contributed by atoms with E-state index in [-0.39, 0.29) is 12.3 Å².